The van der Waals surface area contributed by atoms with E-state index >= 15 is 0 Å². The number of anilines is 1. The second kappa shape index (κ2) is 4.72. The maximum absolute atomic E-state index is 9.34. The van der Waals surface area contributed by atoms with Crippen molar-refractivity contribution >= 4 is 21.7 Å². The number of halogens is 1. The second-order valence-electron chi connectivity index (χ2n) is 4.48. The first-order valence-corrected chi connectivity index (χ1v) is 6.41. The highest BCUT2D eigenvalue weighted by molar-refractivity contribution is 9.10. The molecule has 3 nitrogen and oxygen atoms in total. The zero-order valence-electron chi connectivity index (χ0n) is 9.65. The third-order valence-corrected chi connectivity index (χ3v) is 3.76. The summed E-state index contributed by atoms with van der Waals surface area (Å²) in [5.74, 6) is 1.69. The fourth-order valence-corrected chi connectivity index (χ4v) is 2.37. The predicted molar refractivity (Wildman–Crippen MR) is 68.4 cm³/mol. The van der Waals surface area contributed by atoms with Gasteiger partial charge < -0.3 is 10.0 Å². The minimum atomic E-state index is 0.0312. The summed E-state index contributed by atoms with van der Waals surface area (Å²) in [5.41, 5.74) is 0.879. The van der Waals surface area contributed by atoms with E-state index in [1.54, 1.807) is 6.20 Å². The third kappa shape index (κ3) is 2.38. The molecule has 0 amide bonds. The van der Waals surface area contributed by atoms with E-state index in [2.05, 4.69) is 39.8 Å². The Morgan fingerprint density at radius 1 is 1.62 bits per heavy atom. The van der Waals surface area contributed by atoms with Crippen LogP contribution in [0.25, 0.3) is 0 Å². The molecule has 4 heteroatoms. The number of aliphatic hydroxyl groups excluding tert-OH is 1. The number of hydrogen-bond donors (Lipinski definition) is 1. The summed E-state index contributed by atoms with van der Waals surface area (Å²) in [5, 5.41) is 9.34. The van der Waals surface area contributed by atoms with Gasteiger partial charge in [-0.2, -0.15) is 0 Å². The molecule has 2 rings (SSSR count). The van der Waals surface area contributed by atoms with E-state index in [0.29, 0.717) is 6.04 Å². The predicted octanol–water partition coefficient (Wildman–Crippen LogP) is 2.57. The van der Waals surface area contributed by atoms with Gasteiger partial charge in [0.1, 0.15) is 5.82 Å². The standard InChI is InChI=1S/C12H17BrN2O/c1-8(9-3-4-9)15(2)12-10(7-16)5-11(13)6-14-12/h5-6,8-9,16H,3-4,7H2,1-2H3. The number of pyridine rings is 1. The van der Waals surface area contributed by atoms with Gasteiger partial charge in [0.15, 0.2) is 0 Å². The zero-order valence-corrected chi connectivity index (χ0v) is 11.2. The molecule has 88 valence electrons. The van der Waals surface area contributed by atoms with Crippen LogP contribution in [0.3, 0.4) is 0 Å². The number of nitrogens with zero attached hydrogens (tertiary/aromatic N) is 2. The van der Waals surface area contributed by atoms with Crippen molar-refractivity contribution in [2.24, 2.45) is 5.92 Å². The van der Waals surface area contributed by atoms with Gasteiger partial charge in [-0.05, 0) is 47.7 Å². The first-order chi connectivity index (χ1) is 7.63. The zero-order chi connectivity index (χ0) is 11.7. The SMILES string of the molecule is CC(C1CC1)N(C)c1ncc(Br)cc1CO. The molecule has 0 radical (unpaired) electrons. The lowest BCUT2D eigenvalue weighted by Crippen LogP contribution is -2.32. The molecule has 1 unspecified atom stereocenters. The fraction of sp³-hybridized carbons (Fsp3) is 0.583. The Bertz CT molecular complexity index is 379. The first-order valence-electron chi connectivity index (χ1n) is 5.61. The Hall–Kier alpha value is -0.610. The van der Waals surface area contributed by atoms with Crippen molar-refractivity contribution in [1.29, 1.82) is 0 Å². The lowest BCUT2D eigenvalue weighted by Gasteiger charge is -2.27. The van der Waals surface area contributed by atoms with Crippen LogP contribution in [0.2, 0.25) is 0 Å². The summed E-state index contributed by atoms with van der Waals surface area (Å²) in [4.78, 5) is 6.58. The van der Waals surface area contributed by atoms with Gasteiger partial charge in [-0.3, -0.25) is 0 Å². The minimum Gasteiger partial charge on any atom is -0.392 e. The number of hydrogen-bond acceptors (Lipinski definition) is 3. The number of rotatable bonds is 4. The first kappa shape index (κ1) is 11.9. The van der Waals surface area contributed by atoms with Crippen molar-refractivity contribution < 1.29 is 5.11 Å². The van der Waals surface area contributed by atoms with Crippen molar-refractivity contribution in [3.63, 3.8) is 0 Å². The highest BCUT2D eigenvalue weighted by atomic mass is 79.9. The summed E-state index contributed by atoms with van der Waals surface area (Å²) in [6.07, 6.45) is 4.41. The topological polar surface area (TPSA) is 36.4 Å². The van der Waals surface area contributed by atoms with Crippen molar-refractivity contribution in [2.75, 3.05) is 11.9 Å². The van der Waals surface area contributed by atoms with Gasteiger partial charge in [0.05, 0.1) is 6.61 Å². The van der Waals surface area contributed by atoms with E-state index in [-0.39, 0.29) is 6.61 Å². The minimum absolute atomic E-state index is 0.0312. The third-order valence-electron chi connectivity index (χ3n) is 3.33. The fourth-order valence-electron chi connectivity index (χ4n) is 2.00. The Balaban J connectivity index is 2.23. The van der Waals surface area contributed by atoms with Crippen LogP contribution in [0.4, 0.5) is 5.82 Å². The average Bonchev–Trinajstić information content (AvgIpc) is 3.10. The molecule has 1 saturated carbocycles. The summed E-state index contributed by atoms with van der Waals surface area (Å²) in [6.45, 7) is 2.26. The van der Waals surface area contributed by atoms with Gasteiger partial charge in [0, 0.05) is 29.3 Å². The molecule has 1 aliphatic rings. The van der Waals surface area contributed by atoms with E-state index in [9.17, 15) is 5.11 Å². The van der Waals surface area contributed by atoms with Crippen molar-refractivity contribution in [3.8, 4) is 0 Å². The van der Waals surface area contributed by atoms with Gasteiger partial charge in [-0.15, -0.1) is 0 Å². The highest BCUT2D eigenvalue weighted by Gasteiger charge is 2.31. The molecule has 0 saturated heterocycles. The average molecular weight is 285 g/mol. The Morgan fingerprint density at radius 2 is 2.31 bits per heavy atom. The summed E-state index contributed by atoms with van der Waals surface area (Å²) >= 11 is 3.37. The molecule has 1 N–H and O–H groups in total. The molecular formula is C12H17BrN2O. The molecule has 1 aromatic heterocycles. The largest absolute Gasteiger partial charge is 0.392 e. The van der Waals surface area contributed by atoms with Crippen LogP contribution < -0.4 is 4.90 Å². The van der Waals surface area contributed by atoms with Gasteiger partial charge in [0.25, 0.3) is 0 Å². The normalized spacial score (nSPS) is 17.2. The van der Waals surface area contributed by atoms with Crippen molar-refractivity contribution in [2.45, 2.75) is 32.4 Å². The van der Waals surface area contributed by atoms with Crippen LogP contribution in [0.15, 0.2) is 16.7 Å². The summed E-state index contributed by atoms with van der Waals surface area (Å²) in [7, 11) is 2.05. The van der Waals surface area contributed by atoms with Crippen LogP contribution in [-0.2, 0) is 6.61 Å². The van der Waals surface area contributed by atoms with Crippen LogP contribution in [0, 0.1) is 5.92 Å². The van der Waals surface area contributed by atoms with Crippen LogP contribution in [-0.4, -0.2) is 23.2 Å². The van der Waals surface area contributed by atoms with Crippen molar-refractivity contribution in [3.05, 3.63) is 22.3 Å². The lowest BCUT2D eigenvalue weighted by molar-refractivity contribution is 0.281. The van der Waals surface area contributed by atoms with Gasteiger partial charge in [-0.1, -0.05) is 0 Å². The maximum atomic E-state index is 9.34. The van der Waals surface area contributed by atoms with E-state index in [1.165, 1.54) is 12.8 Å². The van der Waals surface area contributed by atoms with Crippen LogP contribution >= 0.6 is 15.9 Å². The van der Waals surface area contributed by atoms with E-state index in [4.69, 9.17) is 0 Å². The molecule has 1 heterocycles. The molecule has 1 fully saturated rings. The molecule has 1 aromatic rings. The Kier molecular flexibility index (Phi) is 3.50. The van der Waals surface area contributed by atoms with E-state index in [0.717, 1.165) is 21.8 Å². The van der Waals surface area contributed by atoms with Gasteiger partial charge >= 0.3 is 0 Å². The van der Waals surface area contributed by atoms with Gasteiger partial charge in [-0.25, -0.2) is 4.98 Å². The monoisotopic (exact) mass is 284 g/mol. The van der Waals surface area contributed by atoms with E-state index in [1.807, 2.05) is 6.07 Å². The second-order valence-corrected chi connectivity index (χ2v) is 5.40. The van der Waals surface area contributed by atoms with Crippen LogP contribution in [0.1, 0.15) is 25.3 Å². The number of aromatic nitrogens is 1. The summed E-state index contributed by atoms with van der Waals surface area (Å²) < 4.78 is 0.910. The molecule has 0 bridgehead atoms. The molecule has 16 heavy (non-hydrogen) atoms. The summed E-state index contributed by atoms with van der Waals surface area (Å²) in [6, 6.07) is 2.43. The molecule has 0 aliphatic heterocycles. The van der Waals surface area contributed by atoms with Gasteiger partial charge in [0.2, 0.25) is 0 Å². The van der Waals surface area contributed by atoms with E-state index < -0.39 is 0 Å². The number of aliphatic hydroxyl groups is 1. The quantitative estimate of drug-likeness (QED) is 0.923. The smallest absolute Gasteiger partial charge is 0.134 e. The van der Waals surface area contributed by atoms with Crippen molar-refractivity contribution in [1.82, 2.24) is 4.98 Å². The highest BCUT2D eigenvalue weighted by Crippen LogP contribution is 2.36. The molecular weight excluding hydrogens is 268 g/mol. The van der Waals surface area contributed by atoms with Crippen LogP contribution in [0.5, 0.6) is 0 Å². The molecule has 0 aromatic carbocycles. The Labute approximate surface area is 105 Å². The Morgan fingerprint density at radius 3 is 2.88 bits per heavy atom. The molecule has 0 spiro atoms. The molecule has 1 aliphatic carbocycles. The maximum Gasteiger partial charge on any atom is 0.134 e. The molecule has 1 atom stereocenters. The lowest BCUT2D eigenvalue weighted by atomic mass is 10.1.